The fraction of sp³-hybridized carbons (Fsp3) is 0.0909. The molecule has 0 radical (unpaired) electrons. The molecule has 1 aromatic heterocycles. The molecular weight excluding hydrogens is 372 g/mol. The van der Waals surface area contributed by atoms with Crippen LogP contribution in [0.3, 0.4) is 0 Å². The van der Waals surface area contributed by atoms with E-state index in [1.165, 1.54) is 21.2 Å². The molecule has 5 rings (SSSR count). The Bertz CT molecular complexity index is 1100. The molecular formula is C22H16N2OS2. The maximum atomic E-state index is 12.3. The Labute approximate surface area is 165 Å². The van der Waals surface area contributed by atoms with Gasteiger partial charge in [-0.15, -0.1) is 11.8 Å². The topological polar surface area (TPSA) is 42.0 Å². The van der Waals surface area contributed by atoms with E-state index in [1.54, 1.807) is 23.1 Å². The van der Waals surface area contributed by atoms with Crippen molar-refractivity contribution >= 4 is 44.9 Å². The fourth-order valence-electron chi connectivity index (χ4n) is 3.43. The first-order valence-electron chi connectivity index (χ1n) is 8.80. The van der Waals surface area contributed by atoms with Crippen LogP contribution in [0.15, 0.2) is 71.6 Å². The zero-order valence-corrected chi connectivity index (χ0v) is 16.1. The van der Waals surface area contributed by atoms with Gasteiger partial charge in [0.25, 0.3) is 0 Å². The zero-order valence-electron chi connectivity index (χ0n) is 14.4. The van der Waals surface area contributed by atoms with Crippen molar-refractivity contribution < 1.29 is 4.79 Å². The second-order valence-corrected chi connectivity index (χ2v) is 8.53. The van der Waals surface area contributed by atoms with E-state index in [1.807, 2.05) is 18.2 Å². The molecule has 1 heterocycles. The number of thioether (sulfide) groups is 1. The van der Waals surface area contributed by atoms with Gasteiger partial charge >= 0.3 is 0 Å². The van der Waals surface area contributed by atoms with Gasteiger partial charge in [0.05, 0.1) is 10.6 Å². The van der Waals surface area contributed by atoms with Crippen LogP contribution in [-0.4, -0.2) is 16.6 Å². The van der Waals surface area contributed by atoms with Crippen molar-refractivity contribution in [2.24, 2.45) is 0 Å². The molecule has 0 spiro atoms. The van der Waals surface area contributed by atoms with Crippen LogP contribution in [0.4, 0.5) is 5.13 Å². The third-order valence-corrected chi connectivity index (χ3v) is 6.64. The molecule has 132 valence electrons. The third kappa shape index (κ3) is 3.03. The molecule has 1 amide bonds. The summed E-state index contributed by atoms with van der Waals surface area (Å²) in [6.45, 7) is 0. The summed E-state index contributed by atoms with van der Waals surface area (Å²) in [5.41, 5.74) is 3.37. The number of nitrogens with one attached hydrogen (secondary N) is 1. The summed E-state index contributed by atoms with van der Waals surface area (Å²) in [5, 5.41) is 6.16. The molecule has 0 aliphatic heterocycles. The number of fused-ring (bicyclic) bond motifs is 3. The highest BCUT2D eigenvalue weighted by Crippen LogP contribution is 2.50. The average molecular weight is 389 g/mol. The van der Waals surface area contributed by atoms with Gasteiger partial charge in [-0.1, -0.05) is 65.9 Å². The van der Waals surface area contributed by atoms with E-state index >= 15 is 0 Å². The smallest absolute Gasteiger partial charge is 0.226 e. The van der Waals surface area contributed by atoms with E-state index in [4.69, 9.17) is 4.98 Å². The van der Waals surface area contributed by atoms with Crippen molar-refractivity contribution in [3.05, 3.63) is 66.7 Å². The highest BCUT2D eigenvalue weighted by atomic mass is 32.2. The Kier molecular flexibility index (Phi) is 4.19. The Morgan fingerprint density at radius 3 is 2.56 bits per heavy atom. The molecule has 3 nitrogen and oxygen atoms in total. The molecule has 0 fully saturated rings. The van der Waals surface area contributed by atoms with Crippen LogP contribution in [0.5, 0.6) is 0 Å². The second-order valence-electron chi connectivity index (χ2n) is 6.37. The number of nitrogens with zero attached hydrogens (tertiary/aromatic N) is 1. The number of thiazole rings is 1. The first kappa shape index (κ1) is 16.5. The van der Waals surface area contributed by atoms with E-state index in [0.29, 0.717) is 11.6 Å². The van der Waals surface area contributed by atoms with Gasteiger partial charge in [0.1, 0.15) is 0 Å². The number of hydrogen-bond acceptors (Lipinski definition) is 4. The quantitative estimate of drug-likeness (QED) is 0.372. The molecule has 3 aromatic carbocycles. The molecule has 0 saturated heterocycles. The van der Waals surface area contributed by atoms with Crippen molar-refractivity contribution in [3.8, 4) is 21.7 Å². The van der Waals surface area contributed by atoms with Crippen molar-refractivity contribution in [1.82, 2.24) is 4.98 Å². The fourth-order valence-corrected chi connectivity index (χ4v) is 5.33. The van der Waals surface area contributed by atoms with Crippen LogP contribution in [0, 0.1) is 0 Å². The van der Waals surface area contributed by atoms with Crippen molar-refractivity contribution in [3.63, 3.8) is 0 Å². The maximum Gasteiger partial charge on any atom is 0.226 e. The lowest BCUT2D eigenvalue weighted by Crippen LogP contribution is -2.11. The minimum absolute atomic E-state index is 0.0114. The van der Waals surface area contributed by atoms with Crippen LogP contribution < -0.4 is 5.32 Å². The lowest BCUT2D eigenvalue weighted by Gasteiger charge is -2.04. The molecule has 1 aliphatic rings. The SMILES string of the molecule is O=C(CCSc1ccccc1)Nc1nc2c(s1)-c1cccc3cccc-2c13. The monoisotopic (exact) mass is 388 g/mol. The largest absolute Gasteiger partial charge is 0.302 e. The van der Waals surface area contributed by atoms with Gasteiger partial charge in [0, 0.05) is 28.2 Å². The maximum absolute atomic E-state index is 12.3. The molecule has 1 N–H and O–H groups in total. The average Bonchev–Trinajstić information content (AvgIpc) is 3.22. The minimum Gasteiger partial charge on any atom is -0.302 e. The van der Waals surface area contributed by atoms with Crippen LogP contribution in [0.1, 0.15) is 6.42 Å². The lowest BCUT2D eigenvalue weighted by molar-refractivity contribution is -0.115. The van der Waals surface area contributed by atoms with E-state index in [2.05, 4.69) is 53.8 Å². The van der Waals surface area contributed by atoms with E-state index < -0.39 is 0 Å². The van der Waals surface area contributed by atoms with Gasteiger partial charge in [0.15, 0.2) is 5.13 Å². The normalized spacial score (nSPS) is 11.6. The Morgan fingerprint density at radius 2 is 1.74 bits per heavy atom. The third-order valence-electron chi connectivity index (χ3n) is 4.62. The second kappa shape index (κ2) is 6.83. The summed E-state index contributed by atoms with van der Waals surface area (Å²) < 4.78 is 0. The van der Waals surface area contributed by atoms with Crippen molar-refractivity contribution in [2.75, 3.05) is 11.1 Å². The standard InChI is InChI=1S/C22H16N2OS2/c25-18(12-13-26-15-8-2-1-3-9-15)23-22-24-20-16-10-4-6-14-7-5-11-17(19(14)16)21(20)27-22/h1-11H,12-13H2,(H,23,24,25). The van der Waals surface area contributed by atoms with Crippen molar-refractivity contribution in [1.29, 1.82) is 0 Å². The number of carbonyl (C=O) groups excluding carboxylic acids is 1. The summed E-state index contributed by atoms with van der Waals surface area (Å²) in [4.78, 5) is 19.4. The number of aromatic nitrogens is 1. The Balaban J connectivity index is 1.30. The van der Waals surface area contributed by atoms with Gasteiger partial charge in [0.2, 0.25) is 5.91 Å². The summed E-state index contributed by atoms with van der Waals surface area (Å²) in [7, 11) is 0. The molecule has 27 heavy (non-hydrogen) atoms. The van der Waals surface area contributed by atoms with Crippen LogP contribution in [0.2, 0.25) is 0 Å². The first-order chi connectivity index (χ1) is 13.3. The van der Waals surface area contributed by atoms with E-state index in [9.17, 15) is 4.79 Å². The van der Waals surface area contributed by atoms with Crippen LogP contribution in [0.25, 0.3) is 32.5 Å². The number of rotatable bonds is 5. The highest BCUT2D eigenvalue weighted by molar-refractivity contribution is 7.99. The summed E-state index contributed by atoms with van der Waals surface area (Å²) in [6.07, 6.45) is 0.468. The van der Waals surface area contributed by atoms with Crippen molar-refractivity contribution in [2.45, 2.75) is 11.3 Å². The number of hydrogen-bond donors (Lipinski definition) is 1. The summed E-state index contributed by atoms with van der Waals surface area (Å²) >= 11 is 3.25. The number of anilines is 1. The van der Waals surface area contributed by atoms with Gasteiger partial charge in [-0.25, -0.2) is 4.98 Å². The highest BCUT2D eigenvalue weighted by Gasteiger charge is 2.25. The molecule has 5 heteroatoms. The predicted octanol–water partition coefficient (Wildman–Crippen LogP) is 6.06. The van der Waals surface area contributed by atoms with E-state index in [-0.39, 0.29) is 5.91 Å². The molecule has 0 unspecified atom stereocenters. The van der Waals surface area contributed by atoms with E-state index in [0.717, 1.165) is 21.9 Å². The van der Waals surface area contributed by atoms with Crippen LogP contribution >= 0.6 is 23.1 Å². The molecule has 0 bridgehead atoms. The first-order valence-corrected chi connectivity index (χ1v) is 10.6. The van der Waals surface area contributed by atoms with Gasteiger partial charge in [-0.05, 0) is 22.9 Å². The Morgan fingerprint density at radius 1 is 0.963 bits per heavy atom. The molecule has 1 aliphatic carbocycles. The zero-order chi connectivity index (χ0) is 18.2. The molecule has 0 saturated carbocycles. The van der Waals surface area contributed by atoms with Gasteiger partial charge in [-0.3, -0.25) is 4.79 Å². The van der Waals surface area contributed by atoms with Gasteiger partial charge in [-0.2, -0.15) is 0 Å². The number of carbonyl (C=O) groups is 1. The minimum atomic E-state index is 0.0114. The van der Waals surface area contributed by atoms with Crippen LogP contribution in [-0.2, 0) is 4.79 Å². The number of amides is 1. The lowest BCUT2D eigenvalue weighted by atomic mass is 10.0. The number of benzene rings is 3. The predicted molar refractivity (Wildman–Crippen MR) is 114 cm³/mol. The molecule has 4 aromatic rings. The molecule has 0 atom stereocenters. The summed E-state index contributed by atoms with van der Waals surface area (Å²) in [6, 6.07) is 22.8. The Hall–Kier alpha value is -2.63. The van der Waals surface area contributed by atoms with Gasteiger partial charge < -0.3 is 5.32 Å². The summed E-state index contributed by atoms with van der Waals surface area (Å²) in [5.74, 6) is 0.764.